The van der Waals surface area contributed by atoms with Crippen LogP contribution in [0.2, 0.25) is 0 Å². The summed E-state index contributed by atoms with van der Waals surface area (Å²) >= 11 is 0. The van der Waals surface area contributed by atoms with Gasteiger partial charge in [-0.2, -0.15) is 0 Å². The van der Waals surface area contributed by atoms with Gasteiger partial charge in [0.1, 0.15) is 0 Å². The van der Waals surface area contributed by atoms with Gasteiger partial charge in [-0.05, 0) is 6.07 Å². The molecular formula is C12H7N3O5. The number of aromatic nitrogens is 1. The van der Waals surface area contributed by atoms with Gasteiger partial charge in [0.25, 0.3) is 17.5 Å². The topological polar surface area (TPSA) is 125 Å². The Morgan fingerprint density at radius 1 is 1.20 bits per heavy atom. The molecule has 2 amide bonds. The Morgan fingerprint density at radius 2 is 1.95 bits per heavy atom. The van der Waals surface area contributed by atoms with Gasteiger partial charge in [-0.25, -0.2) is 0 Å². The monoisotopic (exact) mass is 273 g/mol. The molecule has 0 bridgehead atoms. The van der Waals surface area contributed by atoms with Gasteiger partial charge in [0.15, 0.2) is 5.76 Å². The van der Waals surface area contributed by atoms with Gasteiger partial charge in [0, 0.05) is 34.8 Å². The van der Waals surface area contributed by atoms with E-state index in [4.69, 9.17) is 0 Å². The first kappa shape index (κ1) is 11.9. The van der Waals surface area contributed by atoms with E-state index in [0.29, 0.717) is 10.9 Å². The van der Waals surface area contributed by atoms with Gasteiger partial charge in [-0.15, -0.1) is 0 Å². The standard InChI is InChI=1S/C12H7N3O5/c16-10-9(11(17)14-12(10)18)7-4-13-8-2-1-5(15(19)20)3-6(7)8/h1-4,13H,(H2,14,16,17,18). The number of aliphatic hydroxyl groups is 1. The summed E-state index contributed by atoms with van der Waals surface area (Å²) in [6, 6.07) is 4.08. The summed E-state index contributed by atoms with van der Waals surface area (Å²) in [6.07, 6.45) is 1.41. The molecule has 1 aliphatic heterocycles. The van der Waals surface area contributed by atoms with Crippen molar-refractivity contribution in [2.24, 2.45) is 0 Å². The van der Waals surface area contributed by atoms with Crippen molar-refractivity contribution in [2.45, 2.75) is 0 Å². The van der Waals surface area contributed by atoms with Crippen LogP contribution < -0.4 is 5.32 Å². The van der Waals surface area contributed by atoms with Crippen LogP contribution in [0.15, 0.2) is 30.2 Å². The summed E-state index contributed by atoms with van der Waals surface area (Å²) in [5, 5.41) is 22.8. The van der Waals surface area contributed by atoms with Crippen molar-refractivity contribution in [1.82, 2.24) is 10.3 Å². The summed E-state index contributed by atoms with van der Waals surface area (Å²) in [5.41, 5.74) is 0.451. The Kier molecular flexibility index (Phi) is 2.33. The highest BCUT2D eigenvalue weighted by atomic mass is 16.6. The lowest BCUT2D eigenvalue weighted by atomic mass is 10.0. The van der Waals surface area contributed by atoms with Gasteiger partial charge in [-0.3, -0.25) is 25.0 Å². The van der Waals surface area contributed by atoms with Crippen molar-refractivity contribution in [3.8, 4) is 0 Å². The number of aromatic amines is 1. The highest BCUT2D eigenvalue weighted by Gasteiger charge is 2.32. The third-order valence-electron chi connectivity index (χ3n) is 3.05. The molecule has 3 N–H and O–H groups in total. The van der Waals surface area contributed by atoms with E-state index in [-0.39, 0.29) is 16.8 Å². The van der Waals surface area contributed by atoms with Crippen LogP contribution in [0.3, 0.4) is 0 Å². The highest BCUT2D eigenvalue weighted by Crippen LogP contribution is 2.31. The van der Waals surface area contributed by atoms with Crippen LogP contribution in [-0.4, -0.2) is 26.8 Å². The number of imide groups is 1. The van der Waals surface area contributed by atoms with E-state index in [1.54, 1.807) is 0 Å². The van der Waals surface area contributed by atoms with E-state index >= 15 is 0 Å². The second-order valence-corrected chi connectivity index (χ2v) is 4.20. The number of hydrogen-bond donors (Lipinski definition) is 3. The molecule has 0 radical (unpaired) electrons. The van der Waals surface area contributed by atoms with Crippen molar-refractivity contribution in [3.63, 3.8) is 0 Å². The zero-order valence-electron chi connectivity index (χ0n) is 9.84. The zero-order chi connectivity index (χ0) is 14.4. The van der Waals surface area contributed by atoms with Crippen LogP contribution in [0.1, 0.15) is 5.56 Å². The molecule has 8 heteroatoms. The third kappa shape index (κ3) is 1.55. The molecule has 2 aromatic rings. The molecule has 20 heavy (non-hydrogen) atoms. The summed E-state index contributed by atoms with van der Waals surface area (Å²) in [6.45, 7) is 0. The molecule has 1 aromatic carbocycles. The van der Waals surface area contributed by atoms with Crippen molar-refractivity contribution >= 4 is 34.0 Å². The summed E-state index contributed by atoms with van der Waals surface area (Å²) in [5.74, 6) is -2.31. The summed E-state index contributed by atoms with van der Waals surface area (Å²) in [4.78, 5) is 35.9. The molecule has 0 fully saturated rings. The molecule has 8 nitrogen and oxygen atoms in total. The number of nitro benzene ring substituents is 1. The molecule has 0 spiro atoms. The first-order valence-electron chi connectivity index (χ1n) is 5.54. The zero-order valence-corrected chi connectivity index (χ0v) is 9.84. The van der Waals surface area contributed by atoms with E-state index in [1.165, 1.54) is 24.4 Å². The van der Waals surface area contributed by atoms with Crippen LogP contribution in [0.4, 0.5) is 5.69 Å². The fourth-order valence-electron chi connectivity index (χ4n) is 2.12. The number of H-pyrrole nitrogens is 1. The second-order valence-electron chi connectivity index (χ2n) is 4.20. The number of rotatable bonds is 2. The molecule has 1 aromatic heterocycles. The third-order valence-corrected chi connectivity index (χ3v) is 3.05. The molecule has 0 aliphatic carbocycles. The Balaban J connectivity index is 2.27. The lowest BCUT2D eigenvalue weighted by Crippen LogP contribution is -2.22. The van der Waals surface area contributed by atoms with Crippen molar-refractivity contribution in [3.05, 3.63) is 45.8 Å². The molecule has 2 heterocycles. The smallest absolute Gasteiger partial charge is 0.293 e. The number of aliphatic hydroxyl groups excluding tert-OH is 1. The van der Waals surface area contributed by atoms with E-state index in [0.717, 1.165) is 0 Å². The molecule has 0 unspecified atom stereocenters. The number of fused-ring (bicyclic) bond motifs is 1. The fraction of sp³-hybridized carbons (Fsp3) is 0. The largest absolute Gasteiger partial charge is 0.502 e. The van der Waals surface area contributed by atoms with E-state index in [1.807, 2.05) is 5.32 Å². The van der Waals surface area contributed by atoms with E-state index in [2.05, 4.69) is 4.98 Å². The van der Waals surface area contributed by atoms with Crippen LogP contribution in [0.5, 0.6) is 0 Å². The minimum Gasteiger partial charge on any atom is -0.502 e. The maximum atomic E-state index is 11.7. The van der Waals surface area contributed by atoms with Gasteiger partial charge >= 0.3 is 0 Å². The number of amides is 2. The number of nitrogens with zero attached hydrogens (tertiary/aromatic N) is 1. The molecule has 0 atom stereocenters. The van der Waals surface area contributed by atoms with Crippen molar-refractivity contribution < 1.29 is 19.6 Å². The van der Waals surface area contributed by atoms with Crippen LogP contribution in [0.25, 0.3) is 16.5 Å². The first-order valence-corrected chi connectivity index (χ1v) is 5.54. The van der Waals surface area contributed by atoms with Crippen LogP contribution >= 0.6 is 0 Å². The maximum absolute atomic E-state index is 11.7. The molecule has 0 saturated carbocycles. The summed E-state index contributed by atoms with van der Waals surface area (Å²) < 4.78 is 0. The predicted molar refractivity (Wildman–Crippen MR) is 67.7 cm³/mol. The number of nitrogens with one attached hydrogen (secondary N) is 2. The first-order chi connectivity index (χ1) is 9.49. The minimum atomic E-state index is -0.884. The van der Waals surface area contributed by atoms with Gasteiger partial charge < -0.3 is 10.1 Å². The number of hydrogen-bond acceptors (Lipinski definition) is 5. The van der Waals surface area contributed by atoms with E-state index in [9.17, 15) is 24.8 Å². The number of benzene rings is 1. The number of non-ortho nitro benzene ring substituents is 1. The van der Waals surface area contributed by atoms with E-state index < -0.39 is 22.5 Å². The minimum absolute atomic E-state index is 0.150. The van der Waals surface area contributed by atoms with Gasteiger partial charge in [0.05, 0.1) is 10.5 Å². The molecule has 3 rings (SSSR count). The number of carbonyl (C=O) groups excluding carboxylic acids is 2. The van der Waals surface area contributed by atoms with Crippen LogP contribution in [-0.2, 0) is 9.59 Å². The van der Waals surface area contributed by atoms with Crippen LogP contribution in [0, 0.1) is 10.1 Å². The fourth-order valence-corrected chi connectivity index (χ4v) is 2.12. The molecule has 100 valence electrons. The number of carbonyl (C=O) groups is 2. The predicted octanol–water partition coefficient (Wildman–Crippen LogP) is 1.00. The molecule has 1 aliphatic rings. The van der Waals surface area contributed by atoms with Crippen molar-refractivity contribution in [2.75, 3.05) is 0 Å². The van der Waals surface area contributed by atoms with Gasteiger partial charge in [0.2, 0.25) is 0 Å². The Morgan fingerprint density at radius 3 is 2.55 bits per heavy atom. The average Bonchev–Trinajstić information content (AvgIpc) is 2.91. The Bertz CT molecular complexity index is 818. The lowest BCUT2D eigenvalue weighted by molar-refractivity contribution is -0.384. The van der Waals surface area contributed by atoms with Crippen molar-refractivity contribution in [1.29, 1.82) is 0 Å². The normalized spacial score (nSPS) is 15.0. The quantitative estimate of drug-likeness (QED) is 0.427. The SMILES string of the molecule is O=C1NC(=O)C(c2c[nH]c3ccc([N+](=O)[O-])cc23)=C1O. The second kappa shape index (κ2) is 3.92. The highest BCUT2D eigenvalue weighted by molar-refractivity contribution is 6.36. The molecular weight excluding hydrogens is 266 g/mol. The van der Waals surface area contributed by atoms with Gasteiger partial charge in [-0.1, -0.05) is 0 Å². The lowest BCUT2D eigenvalue weighted by Gasteiger charge is -1.98. The number of nitro groups is 1. The molecule has 0 saturated heterocycles. The average molecular weight is 273 g/mol. The Hall–Kier alpha value is -3.16. The summed E-state index contributed by atoms with van der Waals surface area (Å²) in [7, 11) is 0. The maximum Gasteiger partial charge on any atom is 0.293 e. The Labute approximate surface area is 110 Å².